The van der Waals surface area contributed by atoms with Gasteiger partial charge in [-0.05, 0) is 93.0 Å². The van der Waals surface area contributed by atoms with Gasteiger partial charge in [0.2, 0.25) is 0 Å². The minimum atomic E-state index is -0.695. The molecule has 6 heteroatoms. The van der Waals surface area contributed by atoms with Crippen LogP contribution in [0.5, 0.6) is 0 Å². The zero-order valence-corrected chi connectivity index (χ0v) is 30.5. The van der Waals surface area contributed by atoms with Crippen molar-refractivity contribution in [3.05, 3.63) is 23.3 Å². The second kappa shape index (κ2) is 13.4. The second-order valence-corrected chi connectivity index (χ2v) is 17.5. The maximum atomic E-state index is 13.3. The number of carbonyl (C=O) groups excluding carboxylic acids is 3. The number of amides is 1. The molecule has 3 rings (SSSR count). The Morgan fingerprint density at radius 1 is 1.02 bits per heavy atom. The number of rotatable bonds is 12. The molecule has 0 aromatic heterocycles. The first-order valence-electron chi connectivity index (χ1n) is 17.5. The molecule has 0 bridgehead atoms. The van der Waals surface area contributed by atoms with E-state index in [1.54, 1.807) is 6.92 Å². The Balaban J connectivity index is 1.96. The first-order valence-corrected chi connectivity index (χ1v) is 17.5. The number of ether oxygens (including phenoxy) is 1. The fourth-order valence-electron chi connectivity index (χ4n) is 8.94. The summed E-state index contributed by atoms with van der Waals surface area (Å²) in [6, 6.07) is 2.19. The van der Waals surface area contributed by atoms with Gasteiger partial charge in [0, 0.05) is 29.3 Å². The number of hydrogen-bond donors (Lipinski definition) is 0. The molecule has 45 heavy (non-hydrogen) atoms. The molecule has 2 aliphatic carbocycles. The van der Waals surface area contributed by atoms with Crippen LogP contribution in [0, 0.1) is 49.7 Å². The molecule has 1 aliphatic heterocycles. The minimum absolute atomic E-state index is 0.000127. The number of nitrogens with zero attached hydrogens (tertiary/aromatic N) is 2. The average Bonchev–Trinajstić information content (AvgIpc) is 3.49. The van der Waals surface area contributed by atoms with Crippen molar-refractivity contribution in [2.24, 2.45) is 38.4 Å². The second-order valence-electron chi connectivity index (χ2n) is 17.5. The third-order valence-electron chi connectivity index (χ3n) is 12.5. The van der Waals surface area contributed by atoms with Gasteiger partial charge in [0.25, 0.3) is 0 Å². The van der Waals surface area contributed by atoms with Crippen LogP contribution < -0.4 is 0 Å². The third kappa shape index (κ3) is 7.60. The molecule has 6 nitrogen and oxygen atoms in total. The van der Waals surface area contributed by atoms with Crippen LogP contribution in [0.3, 0.4) is 0 Å². The molecule has 0 N–H and O–H groups in total. The SMILES string of the molecule is CCCC(C)(C)CC[C@@](C)(CCC(C)(C)[C@]1(C)CC[C@H]2C(C)(C)C(=O)C(C#N)=C[C@]2(C)/C1=C/C(C)=O)COC(=O)N1CCCC1. The van der Waals surface area contributed by atoms with Crippen LogP contribution in [0.25, 0.3) is 0 Å². The van der Waals surface area contributed by atoms with Crippen LogP contribution in [0.15, 0.2) is 23.3 Å². The summed E-state index contributed by atoms with van der Waals surface area (Å²) in [7, 11) is 0. The highest BCUT2D eigenvalue weighted by Crippen LogP contribution is 2.67. The van der Waals surface area contributed by atoms with E-state index in [0.717, 1.165) is 82.9 Å². The summed E-state index contributed by atoms with van der Waals surface area (Å²) < 4.78 is 6.03. The molecule has 0 aromatic rings. The Morgan fingerprint density at radius 2 is 1.62 bits per heavy atom. The lowest BCUT2D eigenvalue weighted by atomic mass is 9.42. The van der Waals surface area contributed by atoms with Gasteiger partial charge in [-0.3, -0.25) is 9.59 Å². The minimum Gasteiger partial charge on any atom is -0.449 e. The fraction of sp³-hybridized carbons (Fsp3) is 0.795. The molecule has 2 fully saturated rings. The van der Waals surface area contributed by atoms with E-state index in [2.05, 4.69) is 61.5 Å². The van der Waals surface area contributed by atoms with Crippen molar-refractivity contribution in [2.75, 3.05) is 19.7 Å². The van der Waals surface area contributed by atoms with Crippen molar-refractivity contribution in [3.8, 4) is 6.07 Å². The summed E-state index contributed by atoms with van der Waals surface area (Å²) in [4.78, 5) is 41.0. The normalized spacial score (nSPS) is 29.1. The van der Waals surface area contributed by atoms with Crippen LogP contribution in [0.2, 0.25) is 0 Å². The van der Waals surface area contributed by atoms with Gasteiger partial charge < -0.3 is 9.64 Å². The van der Waals surface area contributed by atoms with E-state index in [0.29, 0.717) is 6.61 Å². The van der Waals surface area contributed by atoms with Crippen LogP contribution in [-0.2, 0) is 14.3 Å². The molecule has 1 amide bonds. The lowest BCUT2D eigenvalue weighted by Crippen LogP contribution is -2.55. The molecule has 4 atom stereocenters. The van der Waals surface area contributed by atoms with E-state index in [-0.39, 0.29) is 50.8 Å². The number of carbonyl (C=O) groups is 3. The predicted molar refractivity (Wildman–Crippen MR) is 181 cm³/mol. The summed E-state index contributed by atoms with van der Waals surface area (Å²) in [5.41, 5.74) is -0.555. The molecule has 0 aromatic carbocycles. The van der Waals surface area contributed by atoms with Gasteiger partial charge in [-0.1, -0.05) is 87.3 Å². The van der Waals surface area contributed by atoms with E-state index in [1.807, 2.05) is 30.9 Å². The Kier molecular flexibility index (Phi) is 11.0. The maximum Gasteiger partial charge on any atom is 0.409 e. The maximum absolute atomic E-state index is 13.3. The largest absolute Gasteiger partial charge is 0.449 e. The van der Waals surface area contributed by atoms with Gasteiger partial charge in [-0.15, -0.1) is 0 Å². The average molecular weight is 623 g/mol. The quantitative estimate of drug-likeness (QED) is 0.202. The first-order chi connectivity index (χ1) is 20.7. The van der Waals surface area contributed by atoms with Crippen LogP contribution in [-0.4, -0.2) is 42.3 Å². The summed E-state index contributed by atoms with van der Waals surface area (Å²) in [6.45, 7) is 25.8. The van der Waals surface area contributed by atoms with Crippen molar-refractivity contribution in [3.63, 3.8) is 0 Å². The van der Waals surface area contributed by atoms with Crippen molar-refractivity contribution in [1.82, 2.24) is 4.90 Å². The fourth-order valence-corrected chi connectivity index (χ4v) is 8.94. The Labute approximate surface area is 274 Å². The molecule has 1 saturated carbocycles. The van der Waals surface area contributed by atoms with Crippen molar-refractivity contribution >= 4 is 17.7 Å². The van der Waals surface area contributed by atoms with Gasteiger partial charge >= 0.3 is 6.09 Å². The zero-order chi connectivity index (χ0) is 34.1. The molecular formula is C39H62N2O4. The standard InChI is InChI=1S/C39H62N2O4/c1-12-16-34(3,4)18-20-37(9,27-45-33(44)41-22-13-14-23-41)21-19-35(5,6)39(11)17-15-30-36(7,8)32(43)29(26-40)25-38(30,10)31(39)24-28(2)42/h24-25,30H,12-23,27H2,1-11H3/b31-24-/t30-,37-,38-,39+/m0/s1. The van der Waals surface area contributed by atoms with Crippen LogP contribution >= 0.6 is 0 Å². The lowest BCUT2D eigenvalue weighted by molar-refractivity contribution is -0.131. The molecule has 0 spiro atoms. The molecule has 1 saturated heterocycles. The Hall–Kier alpha value is -2.42. The van der Waals surface area contributed by atoms with Crippen molar-refractivity contribution in [1.29, 1.82) is 5.26 Å². The number of nitriles is 1. The monoisotopic (exact) mass is 622 g/mol. The van der Waals surface area contributed by atoms with E-state index in [1.165, 1.54) is 0 Å². The molecule has 252 valence electrons. The lowest BCUT2D eigenvalue weighted by Gasteiger charge is -2.61. The molecule has 0 radical (unpaired) electrons. The smallest absolute Gasteiger partial charge is 0.409 e. The van der Waals surface area contributed by atoms with Crippen molar-refractivity contribution in [2.45, 2.75) is 140 Å². The summed E-state index contributed by atoms with van der Waals surface area (Å²) >= 11 is 0. The third-order valence-corrected chi connectivity index (χ3v) is 12.5. The van der Waals surface area contributed by atoms with E-state index >= 15 is 0 Å². The number of fused-ring (bicyclic) bond motifs is 1. The van der Waals surface area contributed by atoms with Gasteiger partial charge in [0.15, 0.2) is 11.6 Å². The van der Waals surface area contributed by atoms with Crippen molar-refractivity contribution < 1.29 is 19.1 Å². The highest BCUT2D eigenvalue weighted by atomic mass is 16.6. The summed E-state index contributed by atoms with van der Waals surface area (Å²) in [6.07, 6.45) is 13.4. The molecule has 0 unspecified atom stereocenters. The molecular weight excluding hydrogens is 560 g/mol. The number of Topliss-reactive ketones (excluding diaryl/α,β-unsaturated/α-hetero) is 1. The first kappa shape index (κ1) is 37.0. The number of hydrogen-bond acceptors (Lipinski definition) is 5. The van der Waals surface area contributed by atoms with Gasteiger partial charge in [0.1, 0.15) is 6.07 Å². The van der Waals surface area contributed by atoms with Gasteiger partial charge in [-0.25, -0.2) is 4.79 Å². The summed E-state index contributed by atoms with van der Waals surface area (Å²) in [5, 5.41) is 9.97. The number of ketones is 2. The van der Waals surface area contributed by atoms with E-state index < -0.39 is 10.8 Å². The number of allylic oxidation sites excluding steroid dienone is 4. The Bertz CT molecular complexity index is 1240. The van der Waals surface area contributed by atoms with E-state index in [9.17, 15) is 19.6 Å². The topological polar surface area (TPSA) is 87.5 Å². The predicted octanol–water partition coefficient (Wildman–Crippen LogP) is 9.63. The van der Waals surface area contributed by atoms with Gasteiger partial charge in [0.05, 0.1) is 12.2 Å². The highest BCUT2D eigenvalue weighted by molar-refractivity contribution is 6.04. The molecule has 1 heterocycles. The molecule has 3 aliphatic rings. The van der Waals surface area contributed by atoms with Gasteiger partial charge in [-0.2, -0.15) is 5.26 Å². The van der Waals surface area contributed by atoms with Crippen LogP contribution in [0.1, 0.15) is 140 Å². The highest BCUT2D eigenvalue weighted by Gasteiger charge is 2.61. The number of likely N-dealkylation sites (tertiary alicyclic amines) is 1. The van der Waals surface area contributed by atoms with Crippen LogP contribution in [0.4, 0.5) is 4.79 Å². The van der Waals surface area contributed by atoms with E-state index in [4.69, 9.17) is 4.74 Å². The summed E-state index contributed by atoms with van der Waals surface area (Å²) in [5.74, 6) is -0.102. The zero-order valence-electron chi connectivity index (χ0n) is 30.5. The Morgan fingerprint density at radius 3 is 2.18 bits per heavy atom.